The normalized spacial score (nSPS) is 16.5. The Bertz CT molecular complexity index is 369. The maximum atomic E-state index is 11.7. The molecular weight excluding hydrogens is 214 g/mol. The lowest BCUT2D eigenvalue weighted by molar-refractivity contribution is 0.244. The zero-order chi connectivity index (χ0) is 12.1. The SMILES string of the molecule is Cc1ccc(NC(=O)NC2CCCCC2)nc1. The number of nitrogens with one attached hydrogen (secondary N) is 2. The lowest BCUT2D eigenvalue weighted by atomic mass is 9.96. The highest BCUT2D eigenvalue weighted by Gasteiger charge is 2.15. The molecule has 0 atom stereocenters. The van der Waals surface area contributed by atoms with Crippen LogP contribution in [-0.2, 0) is 0 Å². The number of carbonyl (C=O) groups excluding carboxylic acids is 1. The predicted octanol–water partition coefficient (Wildman–Crippen LogP) is 2.84. The molecule has 2 N–H and O–H groups in total. The third kappa shape index (κ3) is 3.73. The maximum absolute atomic E-state index is 11.7. The molecule has 0 unspecified atom stereocenters. The fourth-order valence-corrected chi connectivity index (χ4v) is 2.13. The molecular formula is C13H19N3O. The molecule has 4 heteroatoms. The van der Waals surface area contributed by atoms with E-state index in [0.717, 1.165) is 18.4 Å². The third-order valence-electron chi connectivity index (χ3n) is 3.09. The number of carbonyl (C=O) groups is 1. The molecule has 0 saturated heterocycles. The van der Waals surface area contributed by atoms with Gasteiger partial charge in [-0.25, -0.2) is 9.78 Å². The first-order chi connectivity index (χ1) is 8.24. The van der Waals surface area contributed by atoms with E-state index in [-0.39, 0.29) is 6.03 Å². The van der Waals surface area contributed by atoms with E-state index in [9.17, 15) is 4.79 Å². The molecule has 4 nitrogen and oxygen atoms in total. The highest BCUT2D eigenvalue weighted by molar-refractivity contribution is 5.88. The summed E-state index contributed by atoms with van der Waals surface area (Å²) in [5.74, 6) is 0.601. The Labute approximate surface area is 102 Å². The van der Waals surface area contributed by atoms with Gasteiger partial charge in [0.2, 0.25) is 0 Å². The van der Waals surface area contributed by atoms with Crippen LogP contribution in [0, 0.1) is 6.92 Å². The number of hydrogen-bond donors (Lipinski definition) is 2. The van der Waals surface area contributed by atoms with E-state index in [0.29, 0.717) is 11.9 Å². The average Bonchev–Trinajstić information content (AvgIpc) is 2.33. The van der Waals surface area contributed by atoms with E-state index in [4.69, 9.17) is 0 Å². The molecule has 17 heavy (non-hydrogen) atoms. The predicted molar refractivity (Wildman–Crippen MR) is 68.0 cm³/mol. The largest absolute Gasteiger partial charge is 0.335 e. The lowest BCUT2D eigenvalue weighted by Gasteiger charge is -2.22. The summed E-state index contributed by atoms with van der Waals surface area (Å²) in [4.78, 5) is 15.8. The van der Waals surface area contributed by atoms with Crippen LogP contribution in [0.4, 0.5) is 10.6 Å². The lowest BCUT2D eigenvalue weighted by Crippen LogP contribution is -2.39. The molecule has 0 aliphatic heterocycles. The second-order valence-electron chi connectivity index (χ2n) is 4.65. The highest BCUT2D eigenvalue weighted by Crippen LogP contribution is 2.17. The van der Waals surface area contributed by atoms with Gasteiger partial charge in [-0.3, -0.25) is 5.32 Å². The summed E-state index contributed by atoms with van der Waals surface area (Å²) in [6, 6.07) is 3.93. The van der Waals surface area contributed by atoms with Crippen molar-refractivity contribution in [2.75, 3.05) is 5.32 Å². The van der Waals surface area contributed by atoms with E-state index in [1.807, 2.05) is 19.1 Å². The van der Waals surface area contributed by atoms with Gasteiger partial charge < -0.3 is 5.32 Å². The van der Waals surface area contributed by atoms with Crippen molar-refractivity contribution in [3.8, 4) is 0 Å². The standard InChI is InChI=1S/C13H19N3O/c1-10-7-8-12(14-9-10)16-13(17)15-11-5-3-2-4-6-11/h7-9,11H,2-6H2,1H3,(H2,14,15,16,17). The number of hydrogen-bond acceptors (Lipinski definition) is 2. The number of pyridine rings is 1. The van der Waals surface area contributed by atoms with Crippen molar-refractivity contribution in [3.63, 3.8) is 0 Å². The first-order valence-electron chi connectivity index (χ1n) is 6.24. The van der Waals surface area contributed by atoms with Gasteiger partial charge in [0.25, 0.3) is 0 Å². The molecule has 0 aromatic carbocycles. The van der Waals surface area contributed by atoms with Crippen LogP contribution >= 0.6 is 0 Å². The quantitative estimate of drug-likeness (QED) is 0.825. The number of anilines is 1. The molecule has 1 saturated carbocycles. The number of urea groups is 1. The number of aryl methyl sites for hydroxylation is 1. The monoisotopic (exact) mass is 233 g/mol. The molecule has 2 amide bonds. The first-order valence-corrected chi connectivity index (χ1v) is 6.24. The molecule has 0 radical (unpaired) electrons. The van der Waals surface area contributed by atoms with Gasteiger partial charge in [0.15, 0.2) is 0 Å². The van der Waals surface area contributed by atoms with Crippen LogP contribution in [0.5, 0.6) is 0 Å². The Morgan fingerprint density at radius 1 is 1.29 bits per heavy atom. The summed E-state index contributed by atoms with van der Waals surface area (Å²) in [6.45, 7) is 1.97. The van der Waals surface area contributed by atoms with E-state index in [1.165, 1.54) is 19.3 Å². The van der Waals surface area contributed by atoms with Crippen molar-refractivity contribution in [1.29, 1.82) is 0 Å². The Hall–Kier alpha value is -1.58. The average molecular weight is 233 g/mol. The molecule has 92 valence electrons. The number of nitrogens with zero attached hydrogens (tertiary/aromatic N) is 1. The van der Waals surface area contributed by atoms with Crippen molar-refractivity contribution >= 4 is 11.8 Å². The van der Waals surface area contributed by atoms with Crippen LogP contribution in [0.3, 0.4) is 0 Å². The number of amides is 2. The molecule has 1 heterocycles. The molecule has 1 fully saturated rings. The first kappa shape index (κ1) is 11.9. The van der Waals surface area contributed by atoms with Gasteiger partial charge >= 0.3 is 6.03 Å². The maximum Gasteiger partial charge on any atom is 0.320 e. The molecule has 1 aromatic rings. The van der Waals surface area contributed by atoms with Crippen LogP contribution < -0.4 is 10.6 Å². The van der Waals surface area contributed by atoms with Crippen molar-refractivity contribution < 1.29 is 4.79 Å². The molecule has 1 aliphatic rings. The summed E-state index contributed by atoms with van der Waals surface area (Å²) in [5.41, 5.74) is 1.09. The van der Waals surface area contributed by atoms with Crippen LogP contribution in [0.25, 0.3) is 0 Å². The van der Waals surface area contributed by atoms with Crippen LogP contribution in [-0.4, -0.2) is 17.1 Å². The summed E-state index contributed by atoms with van der Waals surface area (Å²) in [7, 11) is 0. The minimum absolute atomic E-state index is 0.145. The second kappa shape index (κ2) is 5.66. The van der Waals surface area contributed by atoms with Gasteiger partial charge in [-0.1, -0.05) is 25.3 Å². The van der Waals surface area contributed by atoms with E-state index in [1.54, 1.807) is 6.20 Å². The fraction of sp³-hybridized carbons (Fsp3) is 0.538. The third-order valence-corrected chi connectivity index (χ3v) is 3.09. The van der Waals surface area contributed by atoms with Crippen LogP contribution in [0.2, 0.25) is 0 Å². The second-order valence-corrected chi connectivity index (χ2v) is 4.65. The van der Waals surface area contributed by atoms with E-state index >= 15 is 0 Å². The van der Waals surface area contributed by atoms with Crippen molar-refractivity contribution in [2.45, 2.75) is 45.1 Å². The Morgan fingerprint density at radius 3 is 2.71 bits per heavy atom. The molecule has 0 spiro atoms. The number of rotatable bonds is 2. The summed E-state index contributed by atoms with van der Waals surface area (Å²) >= 11 is 0. The highest BCUT2D eigenvalue weighted by atomic mass is 16.2. The van der Waals surface area contributed by atoms with Gasteiger partial charge in [0.05, 0.1) is 0 Å². The van der Waals surface area contributed by atoms with Crippen LogP contribution in [0.15, 0.2) is 18.3 Å². The Kier molecular flexibility index (Phi) is 3.96. The van der Waals surface area contributed by atoms with Gasteiger partial charge in [-0.2, -0.15) is 0 Å². The van der Waals surface area contributed by atoms with Crippen molar-refractivity contribution in [2.24, 2.45) is 0 Å². The smallest absolute Gasteiger partial charge is 0.320 e. The fourth-order valence-electron chi connectivity index (χ4n) is 2.13. The van der Waals surface area contributed by atoms with Gasteiger partial charge in [0.1, 0.15) is 5.82 Å². The number of aromatic nitrogens is 1. The van der Waals surface area contributed by atoms with Crippen LogP contribution in [0.1, 0.15) is 37.7 Å². The van der Waals surface area contributed by atoms with Gasteiger partial charge in [-0.05, 0) is 31.4 Å². The molecule has 1 aromatic heterocycles. The molecule has 2 rings (SSSR count). The molecule has 1 aliphatic carbocycles. The molecule has 0 bridgehead atoms. The minimum atomic E-state index is -0.145. The summed E-state index contributed by atoms with van der Waals surface area (Å²) in [6.07, 6.45) is 7.65. The summed E-state index contributed by atoms with van der Waals surface area (Å²) < 4.78 is 0. The van der Waals surface area contributed by atoms with E-state index in [2.05, 4.69) is 15.6 Å². The zero-order valence-electron chi connectivity index (χ0n) is 10.2. The topological polar surface area (TPSA) is 54.0 Å². The zero-order valence-corrected chi connectivity index (χ0v) is 10.2. The summed E-state index contributed by atoms with van der Waals surface area (Å²) in [5, 5.41) is 5.75. The van der Waals surface area contributed by atoms with Crippen molar-refractivity contribution in [3.05, 3.63) is 23.9 Å². The van der Waals surface area contributed by atoms with Gasteiger partial charge in [-0.15, -0.1) is 0 Å². The minimum Gasteiger partial charge on any atom is -0.335 e. The Balaban J connectivity index is 1.82. The van der Waals surface area contributed by atoms with E-state index < -0.39 is 0 Å². The van der Waals surface area contributed by atoms with Gasteiger partial charge in [0, 0.05) is 12.2 Å². The van der Waals surface area contributed by atoms with Crippen molar-refractivity contribution in [1.82, 2.24) is 10.3 Å². The Morgan fingerprint density at radius 2 is 2.06 bits per heavy atom.